The van der Waals surface area contributed by atoms with Crippen LogP contribution in [0.3, 0.4) is 0 Å². The maximum Gasteiger partial charge on any atom is 0.411 e. The molecule has 242 valence electrons. The predicted octanol–water partition coefficient (Wildman–Crippen LogP) is 6.49. The van der Waals surface area contributed by atoms with Crippen LogP contribution in [0.5, 0.6) is 0 Å². The van der Waals surface area contributed by atoms with Crippen molar-refractivity contribution < 1.29 is 27.9 Å². The van der Waals surface area contributed by atoms with Crippen LogP contribution in [0.4, 0.5) is 22.0 Å². The van der Waals surface area contributed by atoms with Gasteiger partial charge in [-0.25, -0.2) is 9.78 Å². The Balaban J connectivity index is 1.60. The molecule has 4 N–H and O–H groups in total. The summed E-state index contributed by atoms with van der Waals surface area (Å²) in [6, 6.07) is 17.5. The predicted molar refractivity (Wildman–Crippen MR) is 180 cm³/mol. The molecule has 0 fully saturated rings. The average Bonchev–Trinajstić information content (AvgIpc) is 3.02. The van der Waals surface area contributed by atoms with Gasteiger partial charge in [0.05, 0.1) is 25.1 Å². The third-order valence-corrected chi connectivity index (χ3v) is 10.2. The van der Waals surface area contributed by atoms with Crippen molar-refractivity contribution in [2.24, 2.45) is 0 Å². The monoisotopic (exact) mass is 645 g/mol. The Morgan fingerprint density at radius 3 is 2.54 bits per heavy atom. The van der Waals surface area contributed by atoms with Gasteiger partial charge >= 0.3 is 13.7 Å². The van der Waals surface area contributed by atoms with Crippen LogP contribution in [-0.2, 0) is 29.7 Å². The smallest absolute Gasteiger partial charge is 0.411 e. The molecule has 2 aliphatic rings. The molecule has 6 rings (SSSR count). The van der Waals surface area contributed by atoms with Gasteiger partial charge in [-0.05, 0) is 90.9 Å². The fraction of sp³-hybridized carbons (Fsp3) is 0.324. The summed E-state index contributed by atoms with van der Waals surface area (Å²) in [5, 5.41) is 8.23. The van der Waals surface area contributed by atoms with Gasteiger partial charge in [-0.1, -0.05) is 25.1 Å². The lowest BCUT2D eigenvalue weighted by molar-refractivity contribution is -0.131. The maximum atomic E-state index is 14.4. The molecule has 0 radical (unpaired) electrons. The van der Waals surface area contributed by atoms with Crippen LogP contribution in [0.1, 0.15) is 55.0 Å². The number of carbonyl (C=O) groups is 2. The third kappa shape index (κ3) is 7.02. The van der Waals surface area contributed by atoms with Crippen molar-refractivity contribution in [1.82, 2.24) is 9.88 Å². The van der Waals surface area contributed by atoms with Crippen molar-refractivity contribution in [2.45, 2.75) is 46.2 Å². The number of hydrogen-bond donors (Lipinski definition) is 3. The number of nitrogens with zero attached hydrogens (tertiary/aromatic N) is 2. The van der Waals surface area contributed by atoms with Crippen molar-refractivity contribution in [3.05, 3.63) is 89.1 Å². The van der Waals surface area contributed by atoms with Crippen LogP contribution in [0, 0.1) is 6.92 Å². The van der Waals surface area contributed by atoms with E-state index in [9.17, 15) is 14.2 Å². The highest BCUT2D eigenvalue weighted by molar-refractivity contribution is 7.62. The molecule has 3 heterocycles. The van der Waals surface area contributed by atoms with Crippen LogP contribution in [0.2, 0.25) is 0 Å². The normalized spacial score (nSPS) is 17.5. The van der Waals surface area contributed by atoms with E-state index < -0.39 is 19.7 Å². The largest absolute Gasteiger partial charge is 0.449 e. The molecule has 0 saturated heterocycles. The number of nitrogens with two attached hydrogens (primary N) is 1. The summed E-state index contributed by atoms with van der Waals surface area (Å²) < 4.78 is 30.8. The molecular formula is C34H40N5O6P. The number of fused-ring (bicyclic) bond motifs is 10. The summed E-state index contributed by atoms with van der Waals surface area (Å²) in [7, 11) is -2.07. The van der Waals surface area contributed by atoms with Gasteiger partial charge in [-0.3, -0.25) is 14.7 Å². The first kappa shape index (κ1) is 32.9. The van der Waals surface area contributed by atoms with Crippen molar-refractivity contribution >= 4 is 52.9 Å². The highest BCUT2D eigenvalue weighted by Gasteiger charge is 2.32. The van der Waals surface area contributed by atoms with Gasteiger partial charge in [0, 0.05) is 42.5 Å². The summed E-state index contributed by atoms with van der Waals surface area (Å²) >= 11 is 0. The standard InChI is InChI=1S/C34H40N5O6P/c1-6-44-46(42,45-7-2)30-13-10-27-18-25(30)19-39(5)33(40)31(37-26-9-12-29-23(17-26)14-15-36-32(29)35)24-8-11-28(21(3)16-24)22(4)20-43-34(41)38-27/h8-18,22,31,37H,6-7,19-20H2,1-5H3,(H2,35,36)(H,38,41). The molecule has 0 spiro atoms. The van der Waals surface area contributed by atoms with Crippen molar-refractivity contribution in [3.8, 4) is 0 Å². The summed E-state index contributed by atoms with van der Waals surface area (Å²) in [5.41, 5.74) is 10.4. The topological polar surface area (TPSA) is 145 Å². The van der Waals surface area contributed by atoms with E-state index >= 15 is 0 Å². The lowest BCUT2D eigenvalue weighted by atomic mass is 9.93. The number of ether oxygens (including phenoxy) is 1. The van der Waals surface area contributed by atoms with Gasteiger partial charge in [-0.2, -0.15) is 0 Å². The number of aromatic nitrogens is 1. The zero-order valence-corrected chi connectivity index (χ0v) is 27.6. The highest BCUT2D eigenvalue weighted by Crippen LogP contribution is 2.48. The Hall–Kier alpha value is -4.44. The summed E-state index contributed by atoms with van der Waals surface area (Å²) in [6.07, 6.45) is 1.03. The van der Waals surface area contributed by atoms with Crippen molar-refractivity contribution in [1.29, 1.82) is 0 Å². The quantitative estimate of drug-likeness (QED) is 0.192. The van der Waals surface area contributed by atoms with Crippen LogP contribution in [-0.4, -0.2) is 48.8 Å². The lowest BCUT2D eigenvalue weighted by Crippen LogP contribution is -2.36. The van der Waals surface area contributed by atoms with Crippen LogP contribution in [0.15, 0.2) is 66.9 Å². The van der Waals surface area contributed by atoms with Crippen molar-refractivity contribution in [3.63, 3.8) is 0 Å². The fourth-order valence-electron chi connectivity index (χ4n) is 5.75. The number of pyridine rings is 1. The summed E-state index contributed by atoms with van der Waals surface area (Å²) in [4.78, 5) is 32.9. The molecule has 3 aromatic carbocycles. The van der Waals surface area contributed by atoms with Gasteiger partial charge in [-0.15, -0.1) is 0 Å². The second-order valence-corrected chi connectivity index (χ2v) is 13.3. The van der Waals surface area contributed by atoms with E-state index in [0.29, 0.717) is 22.4 Å². The second kappa shape index (κ2) is 13.9. The fourth-order valence-corrected chi connectivity index (χ4v) is 7.53. The van der Waals surface area contributed by atoms with Crippen LogP contribution < -0.4 is 21.7 Å². The number of likely N-dealkylation sites (N-methyl/N-ethyl adjacent to an activating group) is 1. The summed E-state index contributed by atoms with van der Waals surface area (Å²) in [6.45, 7) is 7.95. The molecule has 1 aromatic heterocycles. The molecule has 4 aromatic rings. The molecule has 4 bridgehead atoms. The summed E-state index contributed by atoms with van der Waals surface area (Å²) in [5.74, 6) is 0.103. The maximum absolute atomic E-state index is 14.4. The van der Waals surface area contributed by atoms with E-state index in [0.717, 1.165) is 33.2 Å². The van der Waals surface area contributed by atoms with E-state index in [1.807, 2.05) is 56.3 Å². The number of benzene rings is 3. The average molecular weight is 646 g/mol. The number of carbonyl (C=O) groups excluding carboxylic acids is 2. The molecule has 2 atom stereocenters. The zero-order chi connectivity index (χ0) is 33.0. The van der Waals surface area contributed by atoms with E-state index in [-0.39, 0.29) is 38.2 Å². The molecule has 2 amide bonds. The Bertz CT molecular complexity index is 1800. The van der Waals surface area contributed by atoms with Gasteiger partial charge in [0.15, 0.2) is 0 Å². The van der Waals surface area contributed by atoms with Crippen molar-refractivity contribution in [2.75, 3.05) is 43.2 Å². The first-order valence-corrected chi connectivity index (χ1v) is 16.8. The SMILES string of the molecule is CCOP(=O)(OCC)c1ccc2cc1CN(C)C(=O)C(Nc1ccc3c(N)nccc3c1)c1ccc(c(C)c1)C(C)COC(=O)N2. The van der Waals surface area contributed by atoms with Crippen LogP contribution in [0.25, 0.3) is 10.8 Å². The number of hydrogen-bond acceptors (Lipinski definition) is 9. The van der Waals surface area contributed by atoms with Gasteiger partial charge < -0.3 is 29.7 Å². The molecule has 0 saturated carbocycles. The number of amides is 2. The number of anilines is 3. The van der Waals surface area contributed by atoms with Gasteiger partial charge in [0.2, 0.25) is 5.91 Å². The molecule has 2 unspecified atom stereocenters. The first-order valence-electron chi connectivity index (χ1n) is 15.3. The Morgan fingerprint density at radius 1 is 1.07 bits per heavy atom. The third-order valence-electron chi connectivity index (χ3n) is 7.98. The zero-order valence-electron chi connectivity index (χ0n) is 26.7. The van der Waals surface area contributed by atoms with Gasteiger partial charge in [0.25, 0.3) is 0 Å². The van der Waals surface area contributed by atoms with E-state index in [4.69, 9.17) is 19.5 Å². The second-order valence-electron chi connectivity index (χ2n) is 11.3. The lowest BCUT2D eigenvalue weighted by Gasteiger charge is -2.28. The number of aryl methyl sites for hydroxylation is 1. The Kier molecular flexibility index (Phi) is 9.96. The first-order chi connectivity index (χ1) is 22.0. The Morgan fingerprint density at radius 2 is 1.83 bits per heavy atom. The molecule has 12 heteroatoms. The molecule has 11 nitrogen and oxygen atoms in total. The minimum atomic E-state index is -3.75. The molecule has 2 aliphatic heterocycles. The number of nitrogen functional groups attached to an aromatic ring is 1. The van der Waals surface area contributed by atoms with E-state index in [1.54, 1.807) is 50.2 Å². The molecule has 0 aliphatic carbocycles. The van der Waals surface area contributed by atoms with Gasteiger partial charge in [0.1, 0.15) is 11.9 Å². The molecule has 46 heavy (non-hydrogen) atoms. The van der Waals surface area contributed by atoms with E-state index in [2.05, 4.69) is 15.6 Å². The minimum absolute atomic E-state index is 0.0507. The number of rotatable bonds is 7. The minimum Gasteiger partial charge on any atom is -0.449 e. The van der Waals surface area contributed by atoms with Crippen LogP contribution >= 0.6 is 7.60 Å². The number of nitrogens with one attached hydrogen (secondary N) is 2. The molecular weight excluding hydrogens is 605 g/mol. The van der Waals surface area contributed by atoms with E-state index in [1.165, 1.54) is 0 Å². The Labute approximate surface area is 269 Å². The highest BCUT2D eigenvalue weighted by atomic mass is 31.2.